The van der Waals surface area contributed by atoms with Crippen molar-refractivity contribution in [2.45, 2.75) is 26.7 Å². The summed E-state index contributed by atoms with van der Waals surface area (Å²) in [5.41, 5.74) is 12.7. The average Bonchev–Trinajstić information content (AvgIpc) is 2.52. The minimum atomic E-state index is 0.844. The van der Waals surface area contributed by atoms with Gasteiger partial charge in [-0.3, -0.25) is 0 Å². The van der Waals surface area contributed by atoms with Crippen molar-refractivity contribution >= 4 is 16.6 Å². The van der Waals surface area contributed by atoms with Gasteiger partial charge in [0.25, 0.3) is 0 Å². The predicted octanol–water partition coefficient (Wildman–Crippen LogP) is 4.74. The van der Waals surface area contributed by atoms with Crippen LogP contribution >= 0.6 is 0 Å². The SMILES string of the molecule is CCCc1ccc2nc(-c3ccccc3)c(C)c(N)c2c1. The fourth-order valence-electron chi connectivity index (χ4n) is 2.75. The van der Waals surface area contributed by atoms with Crippen molar-refractivity contribution in [3.05, 3.63) is 59.7 Å². The Morgan fingerprint density at radius 2 is 1.81 bits per heavy atom. The summed E-state index contributed by atoms with van der Waals surface area (Å²) in [6.07, 6.45) is 2.22. The van der Waals surface area contributed by atoms with Gasteiger partial charge in [0, 0.05) is 16.6 Å². The van der Waals surface area contributed by atoms with Crippen molar-refractivity contribution in [1.29, 1.82) is 0 Å². The van der Waals surface area contributed by atoms with E-state index in [0.29, 0.717) is 0 Å². The highest BCUT2D eigenvalue weighted by molar-refractivity contribution is 5.95. The van der Waals surface area contributed by atoms with E-state index in [9.17, 15) is 0 Å². The summed E-state index contributed by atoms with van der Waals surface area (Å²) >= 11 is 0. The van der Waals surface area contributed by atoms with Gasteiger partial charge in [-0.25, -0.2) is 4.98 Å². The zero-order valence-corrected chi connectivity index (χ0v) is 12.6. The predicted molar refractivity (Wildman–Crippen MR) is 90.3 cm³/mol. The van der Waals surface area contributed by atoms with Gasteiger partial charge in [0.05, 0.1) is 11.2 Å². The Labute approximate surface area is 125 Å². The molecule has 1 heterocycles. The minimum absolute atomic E-state index is 0.844. The van der Waals surface area contributed by atoms with E-state index in [1.807, 2.05) is 18.2 Å². The summed E-state index contributed by atoms with van der Waals surface area (Å²) in [5, 5.41) is 1.07. The number of benzene rings is 2. The van der Waals surface area contributed by atoms with Gasteiger partial charge in [-0.1, -0.05) is 49.7 Å². The van der Waals surface area contributed by atoms with Crippen molar-refractivity contribution in [3.63, 3.8) is 0 Å². The molecule has 2 nitrogen and oxygen atoms in total. The van der Waals surface area contributed by atoms with E-state index in [1.165, 1.54) is 5.56 Å². The van der Waals surface area contributed by atoms with Crippen LogP contribution in [0.2, 0.25) is 0 Å². The highest BCUT2D eigenvalue weighted by Gasteiger charge is 2.11. The molecular weight excluding hydrogens is 256 g/mol. The van der Waals surface area contributed by atoms with Gasteiger partial charge in [0.2, 0.25) is 0 Å². The van der Waals surface area contributed by atoms with E-state index in [2.05, 4.69) is 44.2 Å². The Balaban J connectivity index is 2.22. The summed E-state index contributed by atoms with van der Waals surface area (Å²) in [6, 6.07) is 16.6. The first-order valence-electron chi connectivity index (χ1n) is 7.45. The lowest BCUT2D eigenvalue weighted by atomic mass is 10.00. The third-order valence-corrected chi connectivity index (χ3v) is 3.93. The number of fused-ring (bicyclic) bond motifs is 1. The van der Waals surface area contributed by atoms with Crippen LogP contribution in [-0.4, -0.2) is 4.98 Å². The summed E-state index contributed by atoms with van der Waals surface area (Å²) in [6.45, 7) is 4.24. The fraction of sp³-hybridized carbons (Fsp3) is 0.211. The second-order valence-corrected chi connectivity index (χ2v) is 5.47. The molecule has 106 valence electrons. The topological polar surface area (TPSA) is 38.9 Å². The standard InChI is InChI=1S/C19H20N2/c1-3-7-14-10-11-17-16(12-14)18(20)13(2)19(21-17)15-8-5-4-6-9-15/h4-6,8-12H,3,7H2,1-2H3,(H2,20,21). The summed E-state index contributed by atoms with van der Waals surface area (Å²) in [5.74, 6) is 0. The van der Waals surface area contributed by atoms with Gasteiger partial charge in [0.15, 0.2) is 0 Å². The maximum absolute atomic E-state index is 6.38. The van der Waals surface area contributed by atoms with E-state index in [1.54, 1.807) is 0 Å². The van der Waals surface area contributed by atoms with Gasteiger partial charge in [-0.15, -0.1) is 0 Å². The lowest BCUT2D eigenvalue weighted by molar-refractivity contribution is 0.923. The number of hydrogen-bond acceptors (Lipinski definition) is 2. The number of nitrogens with two attached hydrogens (primary N) is 1. The average molecular weight is 276 g/mol. The van der Waals surface area contributed by atoms with Gasteiger partial charge in [-0.05, 0) is 36.6 Å². The molecule has 0 aliphatic heterocycles. The van der Waals surface area contributed by atoms with Crippen molar-refractivity contribution in [2.75, 3.05) is 5.73 Å². The quantitative estimate of drug-likeness (QED) is 0.750. The number of pyridine rings is 1. The molecular formula is C19H20N2. The number of anilines is 1. The second kappa shape index (κ2) is 5.57. The van der Waals surface area contributed by atoms with Crippen LogP contribution in [0.5, 0.6) is 0 Å². The van der Waals surface area contributed by atoms with Gasteiger partial charge >= 0.3 is 0 Å². The molecule has 21 heavy (non-hydrogen) atoms. The molecule has 0 saturated carbocycles. The van der Waals surface area contributed by atoms with Crippen LogP contribution in [-0.2, 0) is 6.42 Å². The summed E-state index contributed by atoms with van der Waals surface area (Å²) < 4.78 is 0. The van der Waals surface area contributed by atoms with E-state index < -0.39 is 0 Å². The molecule has 0 fully saturated rings. The van der Waals surface area contributed by atoms with Crippen molar-refractivity contribution in [1.82, 2.24) is 4.98 Å². The number of aryl methyl sites for hydroxylation is 1. The first-order chi connectivity index (χ1) is 10.2. The molecule has 0 atom stereocenters. The van der Waals surface area contributed by atoms with Crippen LogP contribution in [0, 0.1) is 6.92 Å². The smallest absolute Gasteiger partial charge is 0.0759 e. The third-order valence-electron chi connectivity index (χ3n) is 3.93. The lowest BCUT2D eigenvalue weighted by Crippen LogP contribution is -1.99. The summed E-state index contributed by atoms with van der Waals surface area (Å²) in [7, 11) is 0. The Bertz CT molecular complexity index is 776. The first-order valence-corrected chi connectivity index (χ1v) is 7.45. The first kappa shape index (κ1) is 13.6. The molecule has 3 aromatic rings. The molecule has 0 aliphatic carbocycles. The van der Waals surface area contributed by atoms with Crippen LogP contribution in [0.3, 0.4) is 0 Å². The van der Waals surface area contributed by atoms with Crippen LogP contribution in [0.25, 0.3) is 22.2 Å². The maximum Gasteiger partial charge on any atom is 0.0759 e. The molecule has 2 heteroatoms. The van der Waals surface area contributed by atoms with Crippen LogP contribution < -0.4 is 5.73 Å². The number of aromatic nitrogens is 1. The van der Waals surface area contributed by atoms with E-state index in [0.717, 1.165) is 46.3 Å². The molecule has 0 bridgehead atoms. The highest BCUT2D eigenvalue weighted by Crippen LogP contribution is 2.31. The molecule has 0 radical (unpaired) electrons. The third kappa shape index (κ3) is 2.49. The van der Waals surface area contributed by atoms with E-state index >= 15 is 0 Å². The number of hydrogen-bond donors (Lipinski definition) is 1. The minimum Gasteiger partial charge on any atom is -0.398 e. The molecule has 2 N–H and O–H groups in total. The van der Waals surface area contributed by atoms with Gasteiger partial charge in [0.1, 0.15) is 0 Å². The van der Waals surface area contributed by atoms with Crippen molar-refractivity contribution in [3.8, 4) is 11.3 Å². The van der Waals surface area contributed by atoms with E-state index in [-0.39, 0.29) is 0 Å². The van der Waals surface area contributed by atoms with Crippen molar-refractivity contribution < 1.29 is 0 Å². The monoisotopic (exact) mass is 276 g/mol. The number of nitrogens with zero attached hydrogens (tertiary/aromatic N) is 1. The molecule has 1 aromatic heterocycles. The molecule has 0 spiro atoms. The van der Waals surface area contributed by atoms with Crippen LogP contribution in [0.4, 0.5) is 5.69 Å². The molecule has 2 aromatic carbocycles. The van der Waals surface area contributed by atoms with Gasteiger partial charge < -0.3 is 5.73 Å². The zero-order valence-electron chi connectivity index (χ0n) is 12.6. The Hall–Kier alpha value is -2.35. The Kier molecular flexibility index (Phi) is 3.61. The highest BCUT2D eigenvalue weighted by atomic mass is 14.7. The van der Waals surface area contributed by atoms with Crippen LogP contribution in [0.15, 0.2) is 48.5 Å². The van der Waals surface area contributed by atoms with Gasteiger partial charge in [-0.2, -0.15) is 0 Å². The molecule has 0 aliphatic rings. The van der Waals surface area contributed by atoms with Crippen molar-refractivity contribution in [2.24, 2.45) is 0 Å². The van der Waals surface area contributed by atoms with E-state index in [4.69, 9.17) is 10.7 Å². The zero-order chi connectivity index (χ0) is 14.8. The molecule has 0 amide bonds. The maximum atomic E-state index is 6.38. The number of nitrogen functional groups attached to an aromatic ring is 1. The second-order valence-electron chi connectivity index (χ2n) is 5.47. The van der Waals surface area contributed by atoms with Crippen LogP contribution in [0.1, 0.15) is 24.5 Å². The largest absolute Gasteiger partial charge is 0.398 e. The molecule has 0 saturated heterocycles. The lowest BCUT2D eigenvalue weighted by Gasteiger charge is -2.12. The Morgan fingerprint density at radius 3 is 2.52 bits per heavy atom. The normalized spacial score (nSPS) is 11.0. The fourth-order valence-corrected chi connectivity index (χ4v) is 2.75. The Morgan fingerprint density at radius 1 is 1.05 bits per heavy atom. The molecule has 0 unspecified atom stereocenters. The number of rotatable bonds is 3. The summed E-state index contributed by atoms with van der Waals surface area (Å²) in [4.78, 5) is 4.83. The molecule has 3 rings (SSSR count).